The van der Waals surface area contributed by atoms with Crippen LogP contribution in [0.3, 0.4) is 0 Å². The molecule has 2 nitrogen and oxygen atoms in total. The summed E-state index contributed by atoms with van der Waals surface area (Å²) >= 11 is 4.23. The first-order valence-electron chi connectivity index (χ1n) is 12.8. The first-order valence-corrected chi connectivity index (χ1v) is 14.7. The van der Waals surface area contributed by atoms with Crippen molar-refractivity contribution < 1.29 is 14.3 Å². The topological polar surface area (TPSA) is 37.3 Å². The molecule has 1 N–H and O–H groups in total. The molecule has 0 aromatic rings. The van der Waals surface area contributed by atoms with E-state index >= 15 is 4.39 Å². The molecular weight excluding hydrogens is 439 g/mol. The molecule has 32 heavy (non-hydrogen) atoms. The maximum Gasteiger partial charge on any atom is 0.178 e. The quantitative estimate of drug-likeness (QED) is 0.296. The van der Waals surface area contributed by atoms with Crippen LogP contribution in [0.25, 0.3) is 0 Å². The number of ketones is 1. The minimum atomic E-state index is -1.70. The lowest BCUT2D eigenvalue weighted by Crippen LogP contribution is -2.67. The van der Waals surface area contributed by atoms with E-state index in [4.69, 9.17) is 0 Å². The highest BCUT2D eigenvalue weighted by Gasteiger charge is 2.73. The van der Waals surface area contributed by atoms with Gasteiger partial charge in [-0.25, -0.2) is 4.39 Å². The van der Waals surface area contributed by atoms with Crippen LogP contribution in [-0.4, -0.2) is 38.2 Å². The van der Waals surface area contributed by atoms with Gasteiger partial charge in [0, 0.05) is 11.3 Å². The van der Waals surface area contributed by atoms with E-state index in [2.05, 4.69) is 44.3 Å². The Morgan fingerprint density at radius 2 is 1.75 bits per heavy atom. The summed E-state index contributed by atoms with van der Waals surface area (Å²) in [4.78, 5) is 12.0. The number of rotatable bonds is 8. The lowest BCUT2D eigenvalue weighted by Gasteiger charge is -2.63. The van der Waals surface area contributed by atoms with Crippen LogP contribution in [0.15, 0.2) is 23.8 Å². The standard InChI is InChI=1S/C27H41FO2S2/c1-5-7-15-31-26(32-16-8-6-2)14-12-21-22-10-9-19-17-20(29)11-13-24(19,3)27(22,28)23(30)18-25(21,26)4/h11,13,17,21-23,30H,5-10,12,14-16,18H2,1-4H3/t21-,22-,23-,24-,25-,27-/m0/s1. The van der Waals surface area contributed by atoms with Gasteiger partial charge in [0.25, 0.3) is 0 Å². The first kappa shape index (κ1) is 24.9. The minimum Gasteiger partial charge on any atom is -0.390 e. The van der Waals surface area contributed by atoms with Crippen molar-refractivity contribution >= 4 is 29.3 Å². The van der Waals surface area contributed by atoms with Crippen LogP contribution < -0.4 is 0 Å². The minimum absolute atomic E-state index is 0.0470. The third-order valence-electron chi connectivity index (χ3n) is 9.35. The number of fused-ring (bicyclic) bond motifs is 5. The molecular formula is C27H41FO2S2. The van der Waals surface area contributed by atoms with Gasteiger partial charge in [-0.3, -0.25) is 4.79 Å². The van der Waals surface area contributed by atoms with Gasteiger partial charge in [0.1, 0.15) is 0 Å². The third kappa shape index (κ3) is 3.50. The third-order valence-corrected chi connectivity index (χ3v) is 13.3. The average molecular weight is 481 g/mol. The van der Waals surface area contributed by atoms with Crippen molar-refractivity contribution in [1.82, 2.24) is 0 Å². The van der Waals surface area contributed by atoms with Crippen molar-refractivity contribution in [3.05, 3.63) is 23.8 Å². The number of halogens is 1. The molecule has 5 heteroatoms. The number of thioether (sulfide) groups is 2. The summed E-state index contributed by atoms with van der Waals surface area (Å²) < 4.78 is 17.3. The van der Waals surface area contributed by atoms with E-state index in [1.165, 1.54) is 31.8 Å². The van der Waals surface area contributed by atoms with Gasteiger partial charge in [0.15, 0.2) is 11.5 Å². The highest BCUT2D eigenvalue weighted by atomic mass is 32.2. The molecule has 0 aromatic carbocycles. The zero-order valence-corrected chi connectivity index (χ0v) is 21.9. The second-order valence-corrected chi connectivity index (χ2v) is 14.0. The van der Waals surface area contributed by atoms with Crippen molar-refractivity contribution in [2.45, 2.75) is 101 Å². The first-order chi connectivity index (χ1) is 15.2. The molecule has 180 valence electrons. The van der Waals surface area contributed by atoms with E-state index in [-0.39, 0.29) is 27.1 Å². The predicted octanol–water partition coefficient (Wildman–Crippen LogP) is 7.12. The molecule has 0 aromatic heterocycles. The van der Waals surface area contributed by atoms with Crippen molar-refractivity contribution in [1.29, 1.82) is 0 Å². The number of carbonyl (C=O) groups is 1. The second kappa shape index (κ2) is 9.07. The Balaban J connectivity index is 1.70. The fraction of sp³-hybridized carbons (Fsp3) is 0.815. The van der Waals surface area contributed by atoms with E-state index in [9.17, 15) is 9.90 Å². The number of aliphatic hydroxyl groups is 1. The van der Waals surface area contributed by atoms with E-state index in [0.29, 0.717) is 6.42 Å². The van der Waals surface area contributed by atoms with Crippen molar-refractivity contribution in [3.63, 3.8) is 0 Å². The predicted molar refractivity (Wildman–Crippen MR) is 136 cm³/mol. The van der Waals surface area contributed by atoms with E-state index in [1.54, 1.807) is 12.2 Å². The zero-order chi connectivity index (χ0) is 23.2. The number of allylic oxidation sites excluding steroid dienone is 4. The van der Waals surface area contributed by atoms with Gasteiger partial charge in [-0.2, -0.15) is 0 Å². The monoisotopic (exact) mass is 480 g/mol. The van der Waals surface area contributed by atoms with Gasteiger partial charge in [-0.15, -0.1) is 23.5 Å². The van der Waals surface area contributed by atoms with Gasteiger partial charge in [0.2, 0.25) is 0 Å². The summed E-state index contributed by atoms with van der Waals surface area (Å²) in [5, 5.41) is 11.6. The summed E-state index contributed by atoms with van der Waals surface area (Å²) in [5.74, 6) is 2.37. The largest absolute Gasteiger partial charge is 0.390 e. The molecule has 0 spiro atoms. The molecule has 0 radical (unpaired) electrons. The van der Waals surface area contributed by atoms with Gasteiger partial charge in [-0.1, -0.05) is 45.3 Å². The number of aliphatic hydroxyl groups excluding tert-OH is 1. The van der Waals surface area contributed by atoms with Crippen LogP contribution in [0.2, 0.25) is 0 Å². The molecule has 4 aliphatic rings. The fourth-order valence-corrected chi connectivity index (χ4v) is 11.4. The Hall–Kier alpha value is -0.260. The van der Waals surface area contributed by atoms with E-state index in [0.717, 1.165) is 42.8 Å². The average Bonchev–Trinajstić information content (AvgIpc) is 3.02. The second-order valence-electron chi connectivity index (χ2n) is 11.0. The summed E-state index contributed by atoms with van der Waals surface area (Å²) in [5.41, 5.74) is -1.77. The van der Waals surface area contributed by atoms with Crippen molar-refractivity contribution in [3.8, 4) is 0 Å². The summed E-state index contributed by atoms with van der Waals surface area (Å²) in [6, 6.07) is 0. The Bertz CT molecular complexity index is 785. The smallest absolute Gasteiger partial charge is 0.178 e. The van der Waals surface area contributed by atoms with Crippen LogP contribution in [0, 0.1) is 22.7 Å². The van der Waals surface area contributed by atoms with Gasteiger partial charge in [0.05, 0.1) is 10.2 Å². The molecule has 0 amide bonds. The Morgan fingerprint density at radius 1 is 1.09 bits per heavy atom. The van der Waals surface area contributed by atoms with Crippen LogP contribution in [0.4, 0.5) is 4.39 Å². The molecule has 6 atom stereocenters. The number of carbonyl (C=O) groups excluding carboxylic acids is 1. The van der Waals surface area contributed by atoms with Gasteiger partial charge < -0.3 is 5.11 Å². The molecule has 3 fully saturated rings. The SMILES string of the molecule is CCCCSC1(SCCCC)CC[C@H]2[C@@H]3CCC4=CC(=O)C=C[C@]4(C)[C@@]3(F)[C@@H](O)C[C@@]21C. The fourth-order valence-electron chi connectivity index (χ4n) is 7.44. The molecule has 0 bridgehead atoms. The van der Waals surface area contributed by atoms with Crippen LogP contribution >= 0.6 is 23.5 Å². The number of alkyl halides is 1. The Morgan fingerprint density at radius 3 is 2.38 bits per heavy atom. The summed E-state index contributed by atoms with van der Waals surface area (Å²) in [6.45, 7) is 8.79. The van der Waals surface area contributed by atoms with E-state index < -0.39 is 17.2 Å². The van der Waals surface area contributed by atoms with Crippen LogP contribution in [0.1, 0.15) is 85.5 Å². The lowest BCUT2D eigenvalue weighted by atomic mass is 9.46. The van der Waals surface area contributed by atoms with Crippen LogP contribution in [0.5, 0.6) is 0 Å². The molecule has 0 unspecified atom stereocenters. The lowest BCUT2D eigenvalue weighted by molar-refractivity contribution is -0.189. The van der Waals surface area contributed by atoms with Gasteiger partial charge >= 0.3 is 0 Å². The molecule has 0 saturated heterocycles. The molecule has 0 heterocycles. The van der Waals surface area contributed by atoms with Crippen molar-refractivity contribution in [2.75, 3.05) is 11.5 Å². The van der Waals surface area contributed by atoms with Crippen LogP contribution in [-0.2, 0) is 4.79 Å². The zero-order valence-electron chi connectivity index (χ0n) is 20.3. The summed E-state index contributed by atoms with van der Waals surface area (Å²) in [7, 11) is 0. The highest BCUT2D eigenvalue weighted by Crippen LogP contribution is 2.74. The Labute approximate surface area is 202 Å². The summed E-state index contributed by atoms with van der Waals surface area (Å²) in [6.07, 6.45) is 12.9. The maximum absolute atomic E-state index is 17.3. The number of hydrogen-bond acceptors (Lipinski definition) is 4. The van der Waals surface area contributed by atoms with Crippen molar-refractivity contribution in [2.24, 2.45) is 22.7 Å². The number of unbranched alkanes of at least 4 members (excludes halogenated alkanes) is 2. The highest BCUT2D eigenvalue weighted by molar-refractivity contribution is 8.18. The normalized spacial score (nSPS) is 42.2. The maximum atomic E-state index is 17.3. The number of hydrogen-bond donors (Lipinski definition) is 1. The molecule has 3 saturated carbocycles. The van der Waals surface area contributed by atoms with Gasteiger partial charge in [-0.05, 0) is 86.9 Å². The molecule has 0 aliphatic heterocycles. The Kier molecular flexibility index (Phi) is 7.05. The van der Waals surface area contributed by atoms with E-state index in [1.807, 2.05) is 6.92 Å². The molecule has 4 aliphatic carbocycles. The molecule has 4 rings (SSSR count).